The maximum Gasteiger partial charge on any atom is 0.179 e. The van der Waals surface area contributed by atoms with E-state index in [0.29, 0.717) is 5.25 Å². The standard InChI is InChI=1S/C28H28SSi/c1-23(2)29-22-24-14-12-13-21-28(24)30(25-15-6-3-7-16-25,26-17-8-4-9-18-26)27-19-10-5-11-20-27/h3-21,23H,22H2,1-2H3. The van der Waals surface area contributed by atoms with E-state index in [4.69, 9.17) is 0 Å². The number of hydrogen-bond donors (Lipinski definition) is 0. The van der Waals surface area contributed by atoms with E-state index in [1.807, 2.05) is 11.8 Å². The Morgan fingerprint density at radius 1 is 0.567 bits per heavy atom. The van der Waals surface area contributed by atoms with Crippen molar-refractivity contribution in [3.05, 3.63) is 121 Å². The Balaban J connectivity index is 2.07. The molecule has 4 rings (SSSR count). The zero-order valence-electron chi connectivity index (χ0n) is 17.7. The molecule has 4 aromatic rings. The number of hydrogen-bond acceptors (Lipinski definition) is 1. The lowest BCUT2D eigenvalue weighted by Gasteiger charge is -2.36. The minimum absolute atomic E-state index is 0.610. The normalized spacial score (nSPS) is 11.6. The summed E-state index contributed by atoms with van der Waals surface area (Å²) in [6.45, 7) is 4.56. The van der Waals surface area contributed by atoms with Crippen LogP contribution in [0.2, 0.25) is 0 Å². The maximum absolute atomic E-state index is 2.43. The topological polar surface area (TPSA) is 0 Å². The Morgan fingerprint density at radius 2 is 0.967 bits per heavy atom. The molecular formula is C28H28SSi. The molecule has 150 valence electrons. The van der Waals surface area contributed by atoms with Crippen LogP contribution in [0.4, 0.5) is 0 Å². The molecule has 0 aliphatic heterocycles. The van der Waals surface area contributed by atoms with Gasteiger partial charge in [-0.15, -0.1) is 0 Å². The van der Waals surface area contributed by atoms with Gasteiger partial charge in [0, 0.05) is 5.75 Å². The third kappa shape index (κ3) is 4.03. The van der Waals surface area contributed by atoms with Crippen LogP contribution >= 0.6 is 11.8 Å². The minimum atomic E-state index is -2.43. The van der Waals surface area contributed by atoms with Crippen molar-refractivity contribution in [3.63, 3.8) is 0 Å². The molecule has 0 aliphatic rings. The number of benzene rings is 4. The van der Waals surface area contributed by atoms with E-state index in [9.17, 15) is 0 Å². The molecule has 30 heavy (non-hydrogen) atoms. The van der Waals surface area contributed by atoms with Crippen LogP contribution in [-0.4, -0.2) is 13.3 Å². The Hall–Kier alpha value is -2.55. The Morgan fingerprint density at radius 3 is 1.40 bits per heavy atom. The van der Waals surface area contributed by atoms with Crippen molar-refractivity contribution >= 4 is 40.6 Å². The van der Waals surface area contributed by atoms with E-state index in [0.717, 1.165) is 5.75 Å². The van der Waals surface area contributed by atoms with Gasteiger partial charge in [-0.3, -0.25) is 0 Å². The Bertz CT molecular complexity index is 963. The first-order valence-corrected chi connectivity index (χ1v) is 13.6. The van der Waals surface area contributed by atoms with Gasteiger partial charge in [0.15, 0.2) is 8.07 Å². The molecule has 0 atom stereocenters. The first kappa shape index (κ1) is 20.7. The van der Waals surface area contributed by atoms with Gasteiger partial charge < -0.3 is 0 Å². The second kappa shape index (κ2) is 9.50. The second-order valence-corrected chi connectivity index (χ2v) is 13.2. The van der Waals surface area contributed by atoms with Crippen molar-refractivity contribution in [2.45, 2.75) is 24.9 Å². The van der Waals surface area contributed by atoms with Crippen molar-refractivity contribution in [3.8, 4) is 0 Å². The second-order valence-electron chi connectivity index (χ2n) is 7.86. The summed E-state index contributed by atoms with van der Waals surface area (Å²) in [4.78, 5) is 0. The van der Waals surface area contributed by atoms with E-state index in [2.05, 4.69) is 129 Å². The van der Waals surface area contributed by atoms with Crippen LogP contribution in [-0.2, 0) is 5.75 Å². The summed E-state index contributed by atoms with van der Waals surface area (Å²) < 4.78 is 0. The van der Waals surface area contributed by atoms with Crippen molar-refractivity contribution < 1.29 is 0 Å². The van der Waals surface area contributed by atoms with Crippen LogP contribution < -0.4 is 20.7 Å². The third-order valence-electron chi connectivity index (χ3n) is 5.61. The van der Waals surface area contributed by atoms with Gasteiger partial charge in [-0.2, -0.15) is 11.8 Å². The molecule has 0 N–H and O–H groups in total. The van der Waals surface area contributed by atoms with Crippen LogP contribution in [0.5, 0.6) is 0 Å². The highest BCUT2D eigenvalue weighted by molar-refractivity contribution is 7.99. The SMILES string of the molecule is CC(C)SCc1ccccc1[Si](c1ccccc1)(c1ccccc1)c1ccccc1. The summed E-state index contributed by atoms with van der Waals surface area (Å²) in [5, 5.41) is 6.42. The van der Waals surface area contributed by atoms with Crippen LogP contribution in [0.3, 0.4) is 0 Å². The van der Waals surface area contributed by atoms with Crippen molar-refractivity contribution in [1.29, 1.82) is 0 Å². The number of rotatable bonds is 7. The summed E-state index contributed by atoms with van der Waals surface area (Å²) in [6.07, 6.45) is 0. The zero-order chi connectivity index (χ0) is 20.8. The van der Waals surface area contributed by atoms with Gasteiger partial charge in [-0.25, -0.2) is 0 Å². The van der Waals surface area contributed by atoms with Crippen LogP contribution in [0.1, 0.15) is 19.4 Å². The molecule has 0 spiro atoms. The molecule has 0 nitrogen and oxygen atoms in total. The molecule has 4 aromatic carbocycles. The smallest absolute Gasteiger partial charge is 0.154 e. The van der Waals surface area contributed by atoms with Gasteiger partial charge in [-0.05, 0) is 31.6 Å². The molecule has 0 unspecified atom stereocenters. The summed E-state index contributed by atoms with van der Waals surface area (Å²) in [5.74, 6) is 1.04. The molecule has 0 saturated carbocycles. The van der Waals surface area contributed by atoms with Gasteiger partial charge in [0.05, 0.1) is 0 Å². The minimum Gasteiger partial charge on any atom is -0.154 e. The van der Waals surface area contributed by atoms with Gasteiger partial charge in [0.1, 0.15) is 0 Å². The quantitative estimate of drug-likeness (QED) is 0.306. The molecule has 0 amide bonds. The summed E-state index contributed by atoms with van der Waals surface area (Å²) in [6, 6.07) is 42.6. The highest BCUT2D eigenvalue weighted by Crippen LogP contribution is 2.19. The lowest BCUT2D eigenvalue weighted by atomic mass is 10.2. The van der Waals surface area contributed by atoms with Gasteiger partial charge in [0.25, 0.3) is 0 Å². The first-order valence-electron chi connectivity index (χ1n) is 10.6. The highest BCUT2D eigenvalue weighted by atomic mass is 32.2. The van der Waals surface area contributed by atoms with Gasteiger partial charge in [0.2, 0.25) is 0 Å². The van der Waals surface area contributed by atoms with E-state index in [1.54, 1.807) is 0 Å². The van der Waals surface area contributed by atoms with Crippen LogP contribution in [0, 0.1) is 0 Å². The average Bonchev–Trinajstić information content (AvgIpc) is 2.81. The van der Waals surface area contributed by atoms with E-state index >= 15 is 0 Å². The highest BCUT2D eigenvalue weighted by Gasteiger charge is 2.42. The number of thioether (sulfide) groups is 1. The zero-order valence-corrected chi connectivity index (χ0v) is 19.5. The molecule has 0 radical (unpaired) electrons. The Labute approximate surface area is 186 Å². The molecule has 0 aromatic heterocycles. The molecule has 0 fully saturated rings. The summed E-state index contributed by atoms with van der Waals surface area (Å²) >= 11 is 2.02. The average molecular weight is 425 g/mol. The fourth-order valence-corrected chi connectivity index (χ4v) is 10.2. The molecule has 0 heterocycles. The molecule has 0 bridgehead atoms. The summed E-state index contributed by atoms with van der Waals surface area (Å²) in [5.41, 5.74) is 1.46. The fourth-order valence-electron chi connectivity index (χ4n) is 4.30. The maximum atomic E-state index is 2.38. The molecular weight excluding hydrogens is 396 g/mol. The van der Waals surface area contributed by atoms with E-state index in [-0.39, 0.29) is 0 Å². The van der Waals surface area contributed by atoms with Crippen LogP contribution in [0.25, 0.3) is 0 Å². The van der Waals surface area contributed by atoms with Gasteiger partial charge >= 0.3 is 0 Å². The largest absolute Gasteiger partial charge is 0.179 e. The Kier molecular flexibility index (Phi) is 6.56. The predicted octanol–water partition coefficient (Wildman–Crippen LogP) is 4.71. The fraction of sp³-hybridized carbons (Fsp3) is 0.143. The van der Waals surface area contributed by atoms with Crippen molar-refractivity contribution in [2.75, 3.05) is 0 Å². The van der Waals surface area contributed by atoms with E-state index < -0.39 is 8.07 Å². The third-order valence-corrected chi connectivity index (χ3v) is 11.7. The monoisotopic (exact) mass is 424 g/mol. The molecule has 0 aliphatic carbocycles. The predicted molar refractivity (Wildman–Crippen MR) is 136 cm³/mol. The van der Waals surface area contributed by atoms with E-state index in [1.165, 1.54) is 26.3 Å². The lowest BCUT2D eigenvalue weighted by Crippen LogP contribution is -2.75. The van der Waals surface area contributed by atoms with Crippen LogP contribution in [0.15, 0.2) is 115 Å². The first-order chi connectivity index (χ1) is 14.7. The van der Waals surface area contributed by atoms with Crippen molar-refractivity contribution in [1.82, 2.24) is 0 Å². The van der Waals surface area contributed by atoms with Gasteiger partial charge in [-0.1, -0.05) is 129 Å². The summed E-state index contributed by atoms with van der Waals surface area (Å²) in [7, 11) is -2.43. The molecule has 2 heteroatoms. The molecule has 0 saturated heterocycles. The van der Waals surface area contributed by atoms with Crippen molar-refractivity contribution in [2.24, 2.45) is 0 Å². The lowest BCUT2D eigenvalue weighted by molar-refractivity contribution is 1.11.